The maximum absolute atomic E-state index is 4.72. The van der Waals surface area contributed by atoms with Crippen molar-refractivity contribution >= 4 is 48.3 Å². The molecule has 0 atom stereocenters. The maximum atomic E-state index is 4.72. The first-order valence-corrected chi connectivity index (χ1v) is 9.91. The molecule has 2 aromatic heterocycles. The summed E-state index contributed by atoms with van der Waals surface area (Å²) < 4.78 is 1.84. The summed E-state index contributed by atoms with van der Waals surface area (Å²) in [5.74, 6) is 0. The lowest BCUT2D eigenvalue weighted by atomic mass is 10.0. The van der Waals surface area contributed by atoms with Crippen molar-refractivity contribution in [1.29, 1.82) is 0 Å². The number of thiophene rings is 1. The number of benzene rings is 3. The monoisotopic (exact) mass is 416 g/mol. The summed E-state index contributed by atoms with van der Waals surface area (Å²) in [6.07, 6.45) is 0. The van der Waals surface area contributed by atoms with Crippen molar-refractivity contribution in [2.24, 2.45) is 0 Å². The Bertz CT molecular complexity index is 1230. The first kappa shape index (κ1) is 15.7. The SMILES string of the molecule is Brc1nc(-c2ccccc2)c2c(ccc3cc(-c4ccccc4)sc32)n1. The summed E-state index contributed by atoms with van der Waals surface area (Å²) in [5, 5.41) is 2.34. The highest BCUT2D eigenvalue weighted by Gasteiger charge is 2.14. The maximum Gasteiger partial charge on any atom is 0.197 e. The van der Waals surface area contributed by atoms with E-state index in [0.717, 1.165) is 22.2 Å². The van der Waals surface area contributed by atoms with Crippen LogP contribution in [0.4, 0.5) is 0 Å². The number of aromatic nitrogens is 2. The van der Waals surface area contributed by atoms with Crippen LogP contribution in [0.1, 0.15) is 0 Å². The minimum absolute atomic E-state index is 0.614. The molecule has 0 amide bonds. The molecule has 2 heterocycles. The molecule has 26 heavy (non-hydrogen) atoms. The lowest BCUT2D eigenvalue weighted by molar-refractivity contribution is 1.17. The van der Waals surface area contributed by atoms with E-state index in [1.165, 1.54) is 20.5 Å². The van der Waals surface area contributed by atoms with Gasteiger partial charge in [-0.15, -0.1) is 11.3 Å². The summed E-state index contributed by atoms with van der Waals surface area (Å²) in [7, 11) is 0. The summed E-state index contributed by atoms with van der Waals surface area (Å²) in [6, 6.07) is 27.3. The fraction of sp³-hybridized carbons (Fsp3) is 0. The summed E-state index contributed by atoms with van der Waals surface area (Å²) in [5.41, 5.74) is 4.26. The van der Waals surface area contributed by atoms with Crippen LogP contribution >= 0.6 is 27.3 Å². The average molecular weight is 417 g/mol. The zero-order valence-corrected chi connectivity index (χ0v) is 16.1. The third kappa shape index (κ3) is 2.62. The highest BCUT2D eigenvalue weighted by atomic mass is 79.9. The van der Waals surface area contributed by atoms with Gasteiger partial charge in [-0.25, -0.2) is 9.97 Å². The molecule has 5 aromatic rings. The van der Waals surface area contributed by atoms with Crippen molar-refractivity contribution in [1.82, 2.24) is 9.97 Å². The largest absolute Gasteiger partial charge is 0.222 e. The molecule has 5 rings (SSSR count). The van der Waals surface area contributed by atoms with E-state index in [1.54, 1.807) is 11.3 Å². The molecule has 0 saturated heterocycles. The lowest BCUT2D eigenvalue weighted by Crippen LogP contribution is -1.91. The standard InChI is InChI=1S/C22H13BrN2S/c23-22-24-17-12-11-16-13-18(14-7-3-1-4-8-14)26-21(16)19(17)20(25-22)15-9-5-2-6-10-15/h1-13H. The van der Waals surface area contributed by atoms with Gasteiger partial charge in [0.25, 0.3) is 0 Å². The van der Waals surface area contributed by atoms with Gasteiger partial charge in [-0.3, -0.25) is 0 Å². The molecule has 124 valence electrons. The number of hydrogen-bond acceptors (Lipinski definition) is 3. The van der Waals surface area contributed by atoms with Gasteiger partial charge in [0.1, 0.15) is 0 Å². The smallest absolute Gasteiger partial charge is 0.197 e. The van der Waals surface area contributed by atoms with Gasteiger partial charge in [-0.1, -0.05) is 66.7 Å². The zero-order chi connectivity index (χ0) is 17.5. The molecule has 4 heteroatoms. The molecular weight excluding hydrogens is 404 g/mol. The van der Waals surface area contributed by atoms with Crippen molar-refractivity contribution in [3.8, 4) is 21.7 Å². The van der Waals surface area contributed by atoms with Crippen molar-refractivity contribution in [2.75, 3.05) is 0 Å². The highest BCUT2D eigenvalue weighted by molar-refractivity contribution is 9.10. The van der Waals surface area contributed by atoms with E-state index >= 15 is 0 Å². The summed E-state index contributed by atoms with van der Waals surface area (Å²) in [6.45, 7) is 0. The second-order valence-electron chi connectivity index (χ2n) is 6.06. The van der Waals surface area contributed by atoms with Crippen molar-refractivity contribution in [3.63, 3.8) is 0 Å². The molecule has 0 fully saturated rings. The lowest BCUT2D eigenvalue weighted by Gasteiger charge is -2.07. The molecule has 0 aliphatic carbocycles. The van der Waals surface area contributed by atoms with E-state index in [9.17, 15) is 0 Å². The summed E-state index contributed by atoms with van der Waals surface area (Å²) >= 11 is 5.27. The molecular formula is C22H13BrN2S. The molecule has 2 nitrogen and oxygen atoms in total. The van der Waals surface area contributed by atoms with Crippen LogP contribution in [0.25, 0.3) is 42.7 Å². The topological polar surface area (TPSA) is 25.8 Å². The molecule has 0 spiro atoms. The number of fused-ring (bicyclic) bond motifs is 3. The van der Waals surface area contributed by atoms with Gasteiger partial charge >= 0.3 is 0 Å². The van der Waals surface area contributed by atoms with Crippen LogP contribution in [0, 0.1) is 0 Å². The van der Waals surface area contributed by atoms with Gasteiger partial charge in [-0.05, 0) is 39.0 Å². The van der Waals surface area contributed by atoms with Crippen LogP contribution in [0.15, 0.2) is 83.6 Å². The van der Waals surface area contributed by atoms with E-state index in [4.69, 9.17) is 4.98 Å². The van der Waals surface area contributed by atoms with Crippen LogP contribution in [0.3, 0.4) is 0 Å². The Morgan fingerprint density at radius 3 is 2.15 bits per heavy atom. The van der Waals surface area contributed by atoms with E-state index in [2.05, 4.69) is 75.5 Å². The number of halogens is 1. The number of nitrogens with zero attached hydrogens (tertiary/aromatic N) is 2. The normalized spacial score (nSPS) is 11.3. The van der Waals surface area contributed by atoms with Crippen LogP contribution in [0.5, 0.6) is 0 Å². The predicted molar refractivity (Wildman–Crippen MR) is 113 cm³/mol. The Balaban J connectivity index is 1.86. The van der Waals surface area contributed by atoms with Gasteiger partial charge < -0.3 is 0 Å². The van der Waals surface area contributed by atoms with E-state index in [1.807, 2.05) is 24.3 Å². The molecule has 0 unspecified atom stereocenters. The molecule has 0 saturated carbocycles. The van der Waals surface area contributed by atoms with Crippen LogP contribution in [-0.2, 0) is 0 Å². The van der Waals surface area contributed by atoms with Crippen LogP contribution < -0.4 is 0 Å². The van der Waals surface area contributed by atoms with Crippen LogP contribution in [-0.4, -0.2) is 9.97 Å². The number of hydrogen-bond donors (Lipinski definition) is 0. The third-order valence-corrected chi connectivity index (χ3v) is 6.00. The second-order valence-corrected chi connectivity index (χ2v) is 7.82. The zero-order valence-electron chi connectivity index (χ0n) is 13.7. The fourth-order valence-corrected chi connectivity index (χ4v) is 4.81. The number of rotatable bonds is 2. The highest BCUT2D eigenvalue weighted by Crippen LogP contribution is 2.40. The quantitative estimate of drug-likeness (QED) is 0.291. The molecule has 0 bridgehead atoms. The van der Waals surface area contributed by atoms with Gasteiger partial charge in [0, 0.05) is 20.5 Å². The van der Waals surface area contributed by atoms with Crippen molar-refractivity contribution in [3.05, 3.63) is 83.6 Å². The van der Waals surface area contributed by atoms with Gasteiger partial charge in [0.15, 0.2) is 4.73 Å². The minimum Gasteiger partial charge on any atom is -0.222 e. The van der Waals surface area contributed by atoms with E-state index in [0.29, 0.717) is 4.73 Å². The van der Waals surface area contributed by atoms with E-state index < -0.39 is 0 Å². The molecule has 0 radical (unpaired) electrons. The average Bonchev–Trinajstić information content (AvgIpc) is 3.13. The molecule has 0 N–H and O–H groups in total. The fourth-order valence-electron chi connectivity index (χ4n) is 3.24. The minimum atomic E-state index is 0.614. The first-order chi connectivity index (χ1) is 12.8. The molecule has 0 aliphatic heterocycles. The van der Waals surface area contributed by atoms with Gasteiger partial charge in [-0.2, -0.15) is 0 Å². The van der Waals surface area contributed by atoms with Crippen molar-refractivity contribution < 1.29 is 0 Å². The van der Waals surface area contributed by atoms with Crippen molar-refractivity contribution in [2.45, 2.75) is 0 Å². The molecule has 0 aliphatic rings. The Morgan fingerprint density at radius 2 is 1.42 bits per heavy atom. The van der Waals surface area contributed by atoms with Gasteiger partial charge in [0.05, 0.1) is 11.2 Å². The second kappa shape index (κ2) is 6.31. The molecule has 3 aromatic carbocycles. The third-order valence-electron chi connectivity index (χ3n) is 4.42. The first-order valence-electron chi connectivity index (χ1n) is 8.30. The Hall–Kier alpha value is -2.56. The van der Waals surface area contributed by atoms with E-state index in [-0.39, 0.29) is 0 Å². The predicted octanol–water partition coefficient (Wildman–Crippen LogP) is 6.94. The Labute approximate surface area is 163 Å². The Morgan fingerprint density at radius 1 is 0.731 bits per heavy atom. The van der Waals surface area contributed by atoms with Gasteiger partial charge in [0.2, 0.25) is 0 Å². The Kier molecular flexibility index (Phi) is 3.80. The summed E-state index contributed by atoms with van der Waals surface area (Å²) in [4.78, 5) is 10.6. The van der Waals surface area contributed by atoms with Crippen LogP contribution in [0.2, 0.25) is 0 Å².